The summed E-state index contributed by atoms with van der Waals surface area (Å²) in [7, 11) is 0. The average molecular weight is 260 g/mol. The van der Waals surface area contributed by atoms with E-state index in [2.05, 4.69) is 10.6 Å². The summed E-state index contributed by atoms with van der Waals surface area (Å²) in [6.07, 6.45) is 0.561. The Balaban J connectivity index is 2.06. The fourth-order valence-corrected chi connectivity index (χ4v) is 2.19. The molecule has 1 aromatic carbocycles. The van der Waals surface area contributed by atoms with E-state index in [4.69, 9.17) is 0 Å². The summed E-state index contributed by atoms with van der Waals surface area (Å²) in [5, 5.41) is 7.29. The van der Waals surface area contributed by atoms with Crippen LogP contribution < -0.4 is 10.6 Å². The van der Waals surface area contributed by atoms with E-state index < -0.39 is 0 Å². The van der Waals surface area contributed by atoms with E-state index in [0.29, 0.717) is 24.2 Å². The number of amides is 2. The van der Waals surface area contributed by atoms with Gasteiger partial charge in [0, 0.05) is 4.88 Å². The van der Waals surface area contributed by atoms with Gasteiger partial charge < -0.3 is 10.6 Å². The third kappa shape index (κ3) is 2.95. The molecule has 2 rings (SSSR count). The quantitative estimate of drug-likeness (QED) is 0.810. The molecule has 0 aliphatic heterocycles. The van der Waals surface area contributed by atoms with Gasteiger partial charge in [0.15, 0.2) is 0 Å². The fourth-order valence-electron chi connectivity index (χ4n) is 1.55. The first-order chi connectivity index (χ1) is 8.81. The number of rotatable bonds is 5. The van der Waals surface area contributed by atoms with E-state index in [-0.39, 0.29) is 5.91 Å². The minimum absolute atomic E-state index is 0.201. The second-order valence-electron chi connectivity index (χ2n) is 3.57. The molecule has 1 aromatic heterocycles. The summed E-state index contributed by atoms with van der Waals surface area (Å²) in [4.78, 5) is 23.5. The summed E-state index contributed by atoms with van der Waals surface area (Å²) < 4.78 is 0. The van der Waals surface area contributed by atoms with Crippen molar-refractivity contribution in [1.29, 1.82) is 0 Å². The molecule has 0 atom stereocenters. The minimum Gasteiger partial charge on any atom is -0.347 e. The van der Waals surface area contributed by atoms with E-state index >= 15 is 0 Å². The first-order valence-corrected chi connectivity index (χ1v) is 6.29. The first-order valence-electron chi connectivity index (χ1n) is 5.41. The Kier molecular flexibility index (Phi) is 4.09. The van der Waals surface area contributed by atoms with Gasteiger partial charge in [-0.1, -0.05) is 18.2 Å². The Labute approximate surface area is 109 Å². The topological polar surface area (TPSA) is 58.2 Å². The molecule has 92 valence electrons. The lowest BCUT2D eigenvalue weighted by atomic mass is 10.1. The summed E-state index contributed by atoms with van der Waals surface area (Å²) in [6.45, 7) is 0.492. The van der Waals surface area contributed by atoms with Crippen molar-refractivity contribution in [2.24, 2.45) is 0 Å². The largest absolute Gasteiger partial charge is 0.347 e. The third-order valence-electron chi connectivity index (χ3n) is 2.39. The number of para-hydroxylation sites is 1. The van der Waals surface area contributed by atoms with Crippen LogP contribution in [0.1, 0.15) is 15.2 Å². The van der Waals surface area contributed by atoms with Crippen LogP contribution in [-0.2, 0) is 11.3 Å². The SMILES string of the molecule is O=CNc1ccccc1C(=O)NCc1cccs1. The number of hydrogen-bond donors (Lipinski definition) is 2. The van der Waals surface area contributed by atoms with Gasteiger partial charge in [-0.05, 0) is 23.6 Å². The molecule has 5 heteroatoms. The highest BCUT2D eigenvalue weighted by Crippen LogP contribution is 2.14. The van der Waals surface area contributed by atoms with Gasteiger partial charge in [-0.25, -0.2) is 0 Å². The van der Waals surface area contributed by atoms with Gasteiger partial charge in [-0.15, -0.1) is 11.3 Å². The average Bonchev–Trinajstić information content (AvgIpc) is 2.90. The van der Waals surface area contributed by atoms with Gasteiger partial charge in [-0.3, -0.25) is 9.59 Å². The van der Waals surface area contributed by atoms with Gasteiger partial charge in [-0.2, -0.15) is 0 Å². The number of nitrogens with one attached hydrogen (secondary N) is 2. The lowest BCUT2D eigenvalue weighted by molar-refractivity contribution is -0.105. The molecule has 2 aromatic rings. The molecule has 0 radical (unpaired) electrons. The van der Waals surface area contributed by atoms with Crippen molar-refractivity contribution in [3.63, 3.8) is 0 Å². The van der Waals surface area contributed by atoms with E-state index in [9.17, 15) is 9.59 Å². The summed E-state index contributed by atoms with van der Waals surface area (Å²) >= 11 is 1.59. The smallest absolute Gasteiger partial charge is 0.253 e. The Morgan fingerprint density at radius 3 is 2.78 bits per heavy atom. The molecule has 4 nitrogen and oxygen atoms in total. The van der Waals surface area contributed by atoms with Crippen molar-refractivity contribution in [3.05, 3.63) is 52.2 Å². The van der Waals surface area contributed by atoms with Gasteiger partial charge in [0.2, 0.25) is 6.41 Å². The number of benzene rings is 1. The molecule has 1 heterocycles. The zero-order valence-corrected chi connectivity index (χ0v) is 10.4. The van der Waals surface area contributed by atoms with Crippen molar-refractivity contribution >= 4 is 29.3 Å². The van der Waals surface area contributed by atoms with Crippen LogP contribution in [0.3, 0.4) is 0 Å². The molecular weight excluding hydrogens is 248 g/mol. The summed E-state index contributed by atoms with van der Waals surface area (Å²) in [5.74, 6) is -0.201. The zero-order chi connectivity index (χ0) is 12.8. The molecule has 2 amide bonds. The van der Waals surface area contributed by atoms with Crippen LogP contribution in [0.5, 0.6) is 0 Å². The first kappa shape index (κ1) is 12.3. The normalized spacial score (nSPS) is 9.78. The van der Waals surface area contributed by atoms with E-state index in [1.165, 1.54) is 0 Å². The monoisotopic (exact) mass is 260 g/mol. The number of hydrogen-bond acceptors (Lipinski definition) is 3. The minimum atomic E-state index is -0.201. The van der Waals surface area contributed by atoms with Crippen molar-refractivity contribution in [1.82, 2.24) is 5.32 Å². The standard InChI is InChI=1S/C13H12N2O2S/c16-9-15-12-6-2-1-5-11(12)13(17)14-8-10-4-3-7-18-10/h1-7,9H,8H2,(H,14,17)(H,15,16). The molecule has 0 fully saturated rings. The van der Waals surface area contributed by atoms with Crippen LogP contribution >= 0.6 is 11.3 Å². The van der Waals surface area contributed by atoms with Crippen molar-refractivity contribution in [2.45, 2.75) is 6.54 Å². The molecule has 18 heavy (non-hydrogen) atoms. The van der Waals surface area contributed by atoms with Crippen LogP contribution in [0.25, 0.3) is 0 Å². The highest BCUT2D eigenvalue weighted by atomic mass is 32.1. The lowest BCUT2D eigenvalue weighted by Gasteiger charge is -2.08. The van der Waals surface area contributed by atoms with Crippen LogP contribution in [0.2, 0.25) is 0 Å². The zero-order valence-electron chi connectivity index (χ0n) is 9.55. The van der Waals surface area contributed by atoms with Crippen LogP contribution in [-0.4, -0.2) is 12.3 Å². The Morgan fingerprint density at radius 2 is 2.06 bits per heavy atom. The number of carbonyl (C=O) groups is 2. The number of thiophene rings is 1. The van der Waals surface area contributed by atoms with E-state index in [1.807, 2.05) is 17.5 Å². The third-order valence-corrected chi connectivity index (χ3v) is 3.27. The predicted molar refractivity (Wildman–Crippen MR) is 71.6 cm³/mol. The molecule has 0 aliphatic carbocycles. The highest BCUT2D eigenvalue weighted by Gasteiger charge is 2.10. The van der Waals surface area contributed by atoms with Gasteiger partial charge in [0.1, 0.15) is 0 Å². The number of anilines is 1. The van der Waals surface area contributed by atoms with Crippen molar-refractivity contribution < 1.29 is 9.59 Å². The molecule has 2 N–H and O–H groups in total. The molecule has 0 unspecified atom stereocenters. The maximum atomic E-state index is 12.0. The fraction of sp³-hybridized carbons (Fsp3) is 0.0769. The van der Waals surface area contributed by atoms with E-state index in [0.717, 1.165) is 4.88 Å². The van der Waals surface area contributed by atoms with Gasteiger partial charge >= 0.3 is 0 Å². The van der Waals surface area contributed by atoms with Crippen LogP contribution in [0.15, 0.2) is 41.8 Å². The molecule has 0 bridgehead atoms. The van der Waals surface area contributed by atoms with Crippen molar-refractivity contribution in [2.75, 3.05) is 5.32 Å². The Morgan fingerprint density at radius 1 is 1.22 bits per heavy atom. The summed E-state index contributed by atoms with van der Waals surface area (Å²) in [6, 6.07) is 10.8. The Bertz CT molecular complexity index is 538. The van der Waals surface area contributed by atoms with Crippen LogP contribution in [0.4, 0.5) is 5.69 Å². The Hall–Kier alpha value is -2.14. The number of carbonyl (C=O) groups excluding carboxylic acids is 2. The summed E-state index contributed by atoms with van der Waals surface area (Å²) in [5.41, 5.74) is 0.970. The maximum absolute atomic E-state index is 12.0. The molecule has 0 spiro atoms. The van der Waals surface area contributed by atoms with E-state index in [1.54, 1.807) is 35.6 Å². The molecule has 0 saturated carbocycles. The molecular formula is C13H12N2O2S. The molecule has 0 saturated heterocycles. The van der Waals surface area contributed by atoms with Gasteiger partial charge in [0.05, 0.1) is 17.8 Å². The lowest BCUT2D eigenvalue weighted by Crippen LogP contribution is -2.23. The molecule has 0 aliphatic rings. The predicted octanol–water partition coefficient (Wildman–Crippen LogP) is 2.25. The van der Waals surface area contributed by atoms with Gasteiger partial charge in [0.25, 0.3) is 5.91 Å². The van der Waals surface area contributed by atoms with Crippen LogP contribution in [0, 0.1) is 0 Å². The maximum Gasteiger partial charge on any atom is 0.253 e. The van der Waals surface area contributed by atoms with Crippen molar-refractivity contribution in [3.8, 4) is 0 Å². The second-order valence-corrected chi connectivity index (χ2v) is 4.60. The second kappa shape index (κ2) is 5.97. The highest BCUT2D eigenvalue weighted by molar-refractivity contribution is 7.09.